The number of amides is 2. The van der Waals surface area contributed by atoms with Crippen molar-refractivity contribution in [3.8, 4) is 0 Å². The van der Waals surface area contributed by atoms with Crippen LogP contribution in [0.25, 0.3) is 0 Å². The first kappa shape index (κ1) is 22.9. The van der Waals surface area contributed by atoms with E-state index in [2.05, 4.69) is 15.6 Å². The highest BCUT2D eigenvalue weighted by molar-refractivity contribution is 7.17. The molecule has 0 aliphatic rings. The first-order valence-corrected chi connectivity index (χ1v) is 10.6. The summed E-state index contributed by atoms with van der Waals surface area (Å²) >= 11 is 1.04. The van der Waals surface area contributed by atoms with Gasteiger partial charge in [0.25, 0.3) is 11.5 Å². The van der Waals surface area contributed by atoms with Crippen molar-refractivity contribution in [2.45, 2.75) is 27.3 Å². The molecule has 32 heavy (non-hydrogen) atoms. The molecule has 3 aromatic rings. The number of carbonyl (C=O) groups is 3. The van der Waals surface area contributed by atoms with E-state index in [4.69, 9.17) is 4.74 Å². The van der Waals surface area contributed by atoms with Crippen LogP contribution in [0.2, 0.25) is 0 Å². The van der Waals surface area contributed by atoms with E-state index < -0.39 is 11.9 Å². The molecule has 0 aliphatic heterocycles. The van der Waals surface area contributed by atoms with Crippen molar-refractivity contribution in [2.75, 3.05) is 17.2 Å². The quantitative estimate of drug-likeness (QED) is 0.530. The van der Waals surface area contributed by atoms with Gasteiger partial charge in [-0.1, -0.05) is 17.4 Å². The minimum absolute atomic E-state index is 0.116. The van der Waals surface area contributed by atoms with E-state index in [0.29, 0.717) is 21.8 Å². The molecule has 0 aliphatic carbocycles. The Morgan fingerprint density at radius 2 is 1.78 bits per heavy atom. The Morgan fingerprint density at radius 1 is 1.06 bits per heavy atom. The van der Waals surface area contributed by atoms with Crippen LogP contribution in [0, 0.1) is 13.8 Å². The van der Waals surface area contributed by atoms with Crippen LogP contribution in [0.15, 0.2) is 47.4 Å². The van der Waals surface area contributed by atoms with Crippen molar-refractivity contribution < 1.29 is 19.1 Å². The van der Waals surface area contributed by atoms with E-state index in [9.17, 15) is 19.2 Å². The molecule has 2 heterocycles. The summed E-state index contributed by atoms with van der Waals surface area (Å²) in [5.74, 6) is -1.24. The highest BCUT2D eigenvalue weighted by atomic mass is 32.1. The molecule has 0 saturated heterocycles. The second-order valence-corrected chi connectivity index (χ2v) is 7.91. The molecule has 0 fully saturated rings. The first-order valence-electron chi connectivity index (χ1n) is 9.79. The van der Waals surface area contributed by atoms with Gasteiger partial charge in [-0.2, -0.15) is 0 Å². The van der Waals surface area contributed by atoms with Gasteiger partial charge in [-0.3, -0.25) is 19.7 Å². The summed E-state index contributed by atoms with van der Waals surface area (Å²) in [6.45, 7) is 5.35. The molecule has 9 nitrogen and oxygen atoms in total. The van der Waals surface area contributed by atoms with Crippen LogP contribution in [0.1, 0.15) is 38.2 Å². The smallest absolute Gasteiger partial charge is 0.350 e. The molecule has 0 saturated carbocycles. The maximum absolute atomic E-state index is 12.5. The summed E-state index contributed by atoms with van der Waals surface area (Å²) in [7, 11) is 0. The van der Waals surface area contributed by atoms with Gasteiger partial charge in [0.05, 0.1) is 12.3 Å². The second-order valence-electron chi connectivity index (χ2n) is 6.91. The lowest BCUT2D eigenvalue weighted by atomic mass is 10.2. The molecule has 2 aromatic heterocycles. The zero-order valence-electron chi connectivity index (χ0n) is 17.8. The van der Waals surface area contributed by atoms with Gasteiger partial charge in [-0.05, 0) is 50.6 Å². The third-order valence-electron chi connectivity index (χ3n) is 4.35. The predicted molar refractivity (Wildman–Crippen MR) is 121 cm³/mol. The van der Waals surface area contributed by atoms with Gasteiger partial charge >= 0.3 is 5.97 Å². The zero-order chi connectivity index (χ0) is 23.3. The molecule has 0 unspecified atom stereocenters. The number of aromatic nitrogens is 2. The average molecular weight is 455 g/mol. The van der Waals surface area contributed by atoms with Gasteiger partial charge in [0.1, 0.15) is 11.4 Å². The van der Waals surface area contributed by atoms with Crippen molar-refractivity contribution in [3.63, 3.8) is 0 Å². The van der Waals surface area contributed by atoms with Gasteiger partial charge in [0.15, 0.2) is 5.13 Å². The van der Waals surface area contributed by atoms with Gasteiger partial charge in [0.2, 0.25) is 5.91 Å². The summed E-state index contributed by atoms with van der Waals surface area (Å²) in [5, 5.41) is 5.64. The largest absolute Gasteiger partial charge is 0.462 e. The van der Waals surface area contributed by atoms with Crippen molar-refractivity contribution in [1.82, 2.24) is 9.55 Å². The number of pyridine rings is 1. The molecule has 166 valence electrons. The Bertz CT molecular complexity index is 1210. The number of nitrogens with zero attached hydrogens (tertiary/aromatic N) is 2. The van der Waals surface area contributed by atoms with E-state index in [0.717, 1.165) is 16.9 Å². The van der Waals surface area contributed by atoms with Crippen LogP contribution in [0.3, 0.4) is 0 Å². The Kier molecular flexibility index (Phi) is 7.16. The van der Waals surface area contributed by atoms with Crippen LogP contribution in [-0.4, -0.2) is 33.9 Å². The second kappa shape index (κ2) is 10.0. The number of hydrogen-bond donors (Lipinski definition) is 2. The number of carbonyl (C=O) groups excluding carboxylic acids is 3. The fourth-order valence-electron chi connectivity index (χ4n) is 2.84. The van der Waals surface area contributed by atoms with Crippen molar-refractivity contribution in [3.05, 3.63) is 74.6 Å². The highest BCUT2D eigenvalue weighted by Crippen LogP contribution is 2.24. The van der Waals surface area contributed by atoms with Crippen LogP contribution >= 0.6 is 11.3 Å². The molecule has 2 amide bonds. The van der Waals surface area contributed by atoms with Crippen molar-refractivity contribution in [1.29, 1.82) is 0 Å². The zero-order valence-corrected chi connectivity index (χ0v) is 18.6. The Morgan fingerprint density at radius 3 is 2.47 bits per heavy atom. The van der Waals surface area contributed by atoms with Gasteiger partial charge < -0.3 is 14.6 Å². The van der Waals surface area contributed by atoms with E-state index in [1.165, 1.54) is 10.6 Å². The molecule has 10 heteroatoms. The topological polar surface area (TPSA) is 119 Å². The first-order chi connectivity index (χ1) is 15.3. The monoisotopic (exact) mass is 454 g/mol. The van der Waals surface area contributed by atoms with Gasteiger partial charge in [-0.15, -0.1) is 0 Å². The lowest BCUT2D eigenvalue weighted by molar-refractivity contribution is -0.116. The van der Waals surface area contributed by atoms with Gasteiger partial charge in [0, 0.05) is 23.5 Å². The molecular weight excluding hydrogens is 432 g/mol. The summed E-state index contributed by atoms with van der Waals surface area (Å²) < 4.78 is 6.30. The number of ether oxygens (including phenoxy) is 1. The minimum atomic E-state index is -0.476. The molecule has 3 rings (SSSR count). The highest BCUT2D eigenvalue weighted by Gasteiger charge is 2.18. The number of anilines is 2. The van der Waals surface area contributed by atoms with Crippen LogP contribution < -0.4 is 16.2 Å². The lowest BCUT2D eigenvalue weighted by Crippen LogP contribution is -2.26. The molecule has 0 atom stereocenters. The molecular formula is C22H22N4O5S. The van der Waals surface area contributed by atoms with Crippen molar-refractivity contribution >= 4 is 39.9 Å². The Balaban J connectivity index is 1.61. The van der Waals surface area contributed by atoms with Crippen LogP contribution in [0.5, 0.6) is 0 Å². The summed E-state index contributed by atoms with van der Waals surface area (Å²) in [4.78, 5) is 53.0. The fourth-order valence-corrected chi connectivity index (χ4v) is 3.70. The SMILES string of the molecule is CCOC(=O)c1sc(NC(=O)c2ccc(NC(=O)Cn3cc(C)ccc3=O)cc2)nc1C. The molecule has 0 spiro atoms. The Hall–Kier alpha value is -3.79. The predicted octanol–water partition coefficient (Wildman–Crippen LogP) is 2.99. The standard InChI is InChI=1S/C22H22N4O5S/c1-4-31-21(30)19-14(3)23-22(32-19)25-20(29)15-6-8-16(9-7-15)24-17(27)12-26-11-13(2)5-10-18(26)28/h5-11H,4,12H2,1-3H3,(H,24,27)(H,23,25,29). The molecule has 0 radical (unpaired) electrons. The number of hydrogen-bond acceptors (Lipinski definition) is 7. The van der Waals surface area contributed by atoms with Crippen LogP contribution in [-0.2, 0) is 16.1 Å². The molecule has 0 bridgehead atoms. The van der Waals surface area contributed by atoms with E-state index in [1.54, 1.807) is 50.4 Å². The fraction of sp³-hybridized carbons (Fsp3) is 0.227. The summed E-state index contributed by atoms with van der Waals surface area (Å²) in [6.07, 6.45) is 1.61. The molecule has 1 aromatic carbocycles. The van der Waals surface area contributed by atoms with Gasteiger partial charge in [-0.25, -0.2) is 9.78 Å². The maximum atomic E-state index is 12.5. The number of benzene rings is 1. The summed E-state index contributed by atoms with van der Waals surface area (Å²) in [6, 6.07) is 9.37. The van der Waals surface area contributed by atoms with Crippen LogP contribution in [0.4, 0.5) is 10.8 Å². The van der Waals surface area contributed by atoms with Crippen molar-refractivity contribution in [2.24, 2.45) is 0 Å². The Labute approximate surface area is 188 Å². The third-order valence-corrected chi connectivity index (χ3v) is 5.41. The summed E-state index contributed by atoms with van der Waals surface area (Å²) in [5.41, 5.74) is 1.93. The van der Waals surface area contributed by atoms with E-state index in [1.807, 2.05) is 6.92 Å². The maximum Gasteiger partial charge on any atom is 0.350 e. The van der Waals surface area contributed by atoms with E-state index in [-0.39, 0.29) is 29.7 Å². The normalized spacial score (nSPS) is 10.5. The number of rotatable bonds is 7. The average Bonchev–Trinajstić information content (AvgIpc) is 3.11. The van der Waals surface area contributed by atoms with E-state index >= 15 is 0 Å². The number of aryl methyl sites for hydroxylation is 2. The number of thiazole rings is 1. The minimum Gasteiger partial charge on any atom is -0.462 e. The number of esters is 1. The number of nitrogens with one attached hydrogen (secondary N) is 2. The third kappa shape index (κ3) is 5.67. The molecule has 2 N–H and O–H groups in total. The lowest BCUT2D eigenvalue weighted by Gasteiger charge is -2.09.